The molecule has 10 heteroatoms. The molecular formula is C31H39N2O8+. The van der Waals surface area contributed by atoms with Crippen molar-refractivity contribution in [3.05, 3.63) is 59.7 Å². The van der Waals surface area contributed by atoms with Gasteiger partial charge in [0.15, 0.2) is 40.6 Å². The Morgan fingerprint density at radius 2 is 1.17 bits per heavy atom. The van der Waals surface area contributed by atoms with Crippen molar-refractivity contribution in [3.63, 3.8) is 0 Å². The van der Waals surface area contributed by atoms with Crippen LogP contribution in [0.5, 0.6) is 23.0 Å². The number of rotatable bonds is 14. The van der Waals surface area contributed by atoms with Crippen LogP contribution in [0, 0.1) is 11.8 Å². The second-order valence-corrected chi connectivity index (χ2v) is 10.1. The zero-order chi connectivity index (χ0) is 30.7. The SMILES string of the molecule is COc1cc(/C=C/C(=O)CC(=O)/C=C/c2ccc(OC(=O)[C@@H]([NH3+])C(C)C)c(OC)c2)ccc1OC(=O)[C@@H](N)C(C)C. The maximum absolute atomic E-state index is 12.4. The van der Waals surface area contributed by atoms with Crippen LogP contribution in [0.3, 0.4) is 0 Å². The first kappa shape index (κ1) is 32.9. The Hall–Kier alpha value is -4.28. The van der Waals surface area contributed by atoms with E-state index in [1.165, 1.54) is 32.4 Å². The quantitative estimate of drug-likeness (QED) is 0.151. The molecule has 0 heterocycles. The average Bonchev–Trinajstić information content (AvgIpc) is 2.94. The van der Waals surface area contributed by atoms with E-state index in [-0.39, 0.29) is 29.8 Å². The number of nitrogens with two attached hydrogens (primary N) is 1. The van der Waals surface area contributed by atoms with E-state index in [4.69, 9.17) is 24.7 Å². The highest BCUT2D eigenvalue weighted by atomic mass is 16.6. The van der Waals surface area contributed by atoms with Crippen LogP contribution in [0.15, 0.2) is 48.6 Å². The highest BCUT2D eigenvalue weighted by Crippen LogP contribution is 2.30. The number of carbonyl (C=O) groups excluding carboxylic acids is 4. The lowest BCUT2D eigenvalue weighted by molar-refractivity contribution is -0.417. The van der Waals surface area contributed by atoms with E-state index in [9.17, 15) is 19.2 Å². The molecule has 41 heavy (non-hydrogen) atoms. The van der Waals surface area contributed by atoms with Crippen LogP contribution in [0.25, 0.3) is 12.2 Å². The number of benzene rings is 2. The molecule has 2 aromatic carbocycles. The third kappa shape index (κ3) is 10.0. The van der Waals surface area contributed by atoms with E-state index in [0.29, 0.717) is 22.6 Å². The van der Waals surface area contributed by atoms with Crippen molar-refractivity contribution in [3.8, 4) is 23.0 Å². The number of hydrogen-bond acceptors (Lipinski definition) is 9. The van der Waals surface area contributed by atoms with Gasteiger partial charge in [-0.05, 0) is 53.5 Å². The summed E-state index contributed by atoms with van der Waals surface area (Å²) >= 11 is 0. The van der Waals surface area contributed by atoms with Gasteiger partial charge in [-0.1, -0.05) is 52.0 Å². The van der Waals surface area contributed by atoms with E-state index >= 15 is 0 Å². The average molecular weight is 568 g/mol. The van der Waals surface area contributed by atoms with Crippen molar-refractivity contribution >= 4 is 35.7 Å². The van der Waals surface area contributed by atoms with Gasteiger partial charge in [0.1, 0.15) is 6.04 Å². The Labute approximate surface area is 240 Å². The zero-order valence-corrected chi connectivity index (χ0v) is 24.3. The fourth-order valence-corrected chi connectivity index (χ4v) is 3.32. The van der Waals surface area contributed by atoms with Crippen molar-refractivity contribution in [2.75, 3.05) is 14.2 Å². The Balaban J connectivity index is 2.00. The topological polar surface area (TPSA) is 159 Å². The smallest absolute Gasteiger partial charge is 0.370 e. The second-order valence-electron chi connectivity index (χ2n) is 10.1. The van der Waals surface area contributed by atoms with E-state index in [1.807, 2.05) is 27.7 Å². The van der Waals surface area contributed by atoms with Gasteiger partial charge in [0.25, 0.3) is 0 Å². The maximum atomic E-state index is 12.4. The molecule has 0 aliphatic rings. The maximum Gasteiger partial charge on any atom is 0.370 e. The molecule has 0 aromatic heterocycles. The number of ether oxygens (including phenoxy) is 4. The van der Waals surface area contributed by atoms with Gasteiger partial charge in [0.2, 0.25) is 0 Å². The molecule has 0 aliphatic carbocycles. The molecule has 0 spiro atoms. The Bertz CT molecular complexity index is 1210. The molecule has 2 atom stereocenters. The summed E-state index contributed by atoms with van der Waals surface area (Å²) in [7, 11) is 2.87. The highest BCUT2D eigenvalue weighted by Gasteiger charge is 2.24. The molecule has 0 saturated carbocycles. The van der Waals surface area contributed by atoms with Gasteiger partial charge >= 0.3 is 11.9 Å². The summed E-state index contributed by atoms with van der Waals surface area (Å²) in [4.78, 5) is 49.1. The Morgan fingerprint density at radius 3 is 1.56 bits per heavy atom. The number of hydrogen-bond donors (Lipinski definition) is 2. The Kier molecular flexibility index (Phi) is 12.4. The molecule has 10 nitrogen and oxygen atoms in total. The van der Waals surface area contributed by atoms with Crippen molar-refractivity contribution in [2.45, 2.75) is 46.2 Å². The van der Waals surface area contributed by atoms with Crippen LogP contribution in [-0.4, -0.2) is 49.8 Å². The summed E-state index contributed by atoms with van der Waals surface area (Å²) in [6, 6.07) is 8.34. The summed E-state index contributed by atoms with van der Waals surface area (Å²) in [6.07, 6.45) is 5.33. The van der Waals surface area contributed by atoms with E-state index in [1.54, 1.807) is 42.5 Å². The third-order valence-electron chi connectivity index (χ3n) is 6.17. The molecule has 0 fully saturated rings. The predicted octanol–water partition coefficient (Wildman–Crippen LogP) is 3.02. The van der Waals surface area contributed by atoms with Crippen LogP contribution in [0.1, 0.15) is 45.2 Å². The summed E-state index contributed by atoms with van der Waals surface area (Å²) in [5.41, 5.74) is 10.9. The lowest BCUT2D eigenvalue weighted by atomic mass is 10.1. The summed E-state index contributed by atoms with van der Waals surface area (Å²) < 4.78 is 21.4. The van der Waals surface area contributed by atoms with Crippen LogP contribution in [-0.2, 0) is 19.2 Å². The molecule has 220 valence electrons. The number of methoxy groups -OCH3 is 2. The fraction of sp³-hybridized carbons (Fsp3) is 0.355. The molecule has 0 unspecified atom stereocenters. The van der Waals surface area contributed by atoms with Crippen LogP contribution in [0.4, 0.5) is 0 Å². The number of allylic oxidation sites excluding steroid dienone is 2. The standard InChI is InChI=1S/C31H38N2O8/c1-18(2)28(32)30(36)40-24-13-9-20(15-26(24)38-5)7-11-22(34)17-23(35)12-8-21-10-14-25(27(16-21)39-6)41-31(37)29(33)19(3)4/h7-16,18-19,28-29H,17,32-33H2,1-6H3/p+1/b11-7+,12-8+/t28-,29-/m0/s1. The van der Waals surface area contributed by atoms with Gasteiger partial charge < -0.3 is 30.4 Å². The molecule has 0 aliphatic heterocycles. The van der Waals surface area contributed by atoms with Gasteiger partial charge in [-0.3, -0.25) is 9.59 Å². The van der Waals surface area contributed by atoms with E-state index in [0.717, 1.165) is 0 Å². The molecule has 0 bridgehead atoms. The lowest BCUT2D eigenvalue weighted by Gasteiger charge is -2.16. The molecule has 0 radical (unpaired) electrons. The predicted molar refractivity (Wildman–Crippen MR) is 154 cm³/mol. The summed E-state index contributed by atoms with van der Waals surface area (Å²) in [5.74, 6) is -0.823. The molecule has 2 aromatic rings. The summed E-state index contributed by atoms with van der Waals surface area (Å²) in [5, 5.41) is 0. The number of quaternary nitrogens is 1. The largest absolute Gasteiger partial charge is 0.493 e. The Morgan fingerprint density at radius 1 is 0.732 bits per heavy atom. The van der Waals surface area contributed by atoms with Gasteiger partial charge in [-0.15, -0.1) is 0 Å². The van der Waals surface area contributed by atoms with Crippen molar-refractivity contribution in [1.29, 1.82) is 0 Å². The van der Waals surface area contributed by atoms with Gasteiger partial charge in [0.05, 0.1) is 20.6 Å². The number of esters is 2. The van der Waals surface area contributed by atoms with Crippen LogP contribution in [0.2, 0.25) is 0 Å². The molecular weight excluding hydrogens is 528 g/mol. The van der Waals surface area contributed by atoms with Crippen molar-refractivity contribution in [1.82, 2.24) is 0 Å². The minimum absolute atomic E-state index is 0.0218. The minimum atomic E-state index is -0.772. The second kappa shape index (κ2) is 15.5. The van der Waals surface area contributed by atoms with Crippen molar-refractivity contribution < 1.29 is 43.9 Å². The van der Waals surface area contributed by atoms with Crippen LogP contribution >= 0.6 is 0 Å². The monoisotopic (exact) mass is 567 g/mol. The first-order valence-electron chi connectivity index (χ1n) is 13.2. The number of ketones is 2. The molecule has 0 amide bonds. The van der Waals surface area contributed by atoms with Crippen LogP contribution < -0.4 is 30.4 Å². The molecule has 0 saturated heterocycles. The normalized spacial score (nSPS) is 12.9. The zero-order valence-electron chi connectivity index (χ0n) is 24.3. The highest BCUT2D eigenvalue weighted by molar-refractivity contribution is 6.10. The first-order valence-corrected chi connectivity index (χ1v) is 13.2. The minimum Gasteiger partial charge on any atom is -0.493 e. The van der Waals surface area contributed by atoms with E-state index < -0.39 is 35.6 Å². The van der Waals surface area contributed by atoms with E-state index in [2.05, 4.69) is 5.73 Å². The van der Waals surface area contributed by atoms with Gasteiger partial charge in [0, 0.05) is 5.92 Å². The van der Waals surface area contributed by atoms with Gasteiger partial charge in [-0.2, -0.15) is 0 Å². The number of carbonyl (C=O) groups is 4. The van der Waals surface area contributed by atoms with Crippen molar-refractivity contribution in [2.24, 2.45) is 17.6 Å². The molecule has 2 rings (SSSR count). The fourth-order valence-electron chi connectivity index (χ4n) is 3.32. The third-order valence-corrected chi connectivity index (χ3v) is 6.17. The lowest BCUT2D eigenvalue weighted by Crippen LogP contribution is -2.68. The van der Waals surface area contributed by atoms with Gasteiger partial charge in [-0.25, -0.2) is 9.59 Å². The summed E-state index contributed by atoms with van der Waals surface area (Å²) in [6.45, 7) is 7.39. The first-order chi connectivity index (χ1) is 19.4. The molecule has 5 N–H and O–H groups in total.